The molecule has 0 amide bonds. The van der Waals surface area contributed by atoms with E-state index in [0.29, 0.717) is 17.4 Å². The van der Waals surface area contributed by atoms with Gasteiger partial charge in [0.1, 0.15) is 24.2 Å². The maximum Gasteiger partial charge on any atom is 0.145 e. The Labute approximate surface area is 164 Å². The van der Waals surface area contributed by atoms with E-state index in [1.54, 1.807) is 0 Å². The number of hydrogen-bond donors (Lipinski definition) is 1. The lowest BCUT2D eigenvalue weighted by Gasteiger charge is -2.32. The molecule has 0 unspecified atom stereocenters. The van der Waals surface area contributed by atoms with Crippen LogP contribution in [0.3, 0.4) is 0 Å². The van der Waals surface area contributed by atoms with E-state index in [0.717, 1.165) is 5.84 Å². The van der Waals surface area contributed by atoms with Crippen LogP contribution in [0.2, 0.25) is 5.02 Å². The van der Waals surface area contributed by atoms with Crippen molar-refractivity contribution in [3.05, 3.63) is 101 Å². The summed E-state index contributed by atoms with van der Waals surface area (Å²) in [6.45, 7) is 2.53. The normalized spacial score (nSPS) is 21.4. The Morgan fingerprint density at radius 1 is 0.926 bits per heavy atom. The number of aliphatic imine (C=N–C) groups is 1. The third-order valence-corrected chi connectivity index (χ3v) is 5.24. The molecule has 0 spiro atoms. The van der Waals surface area contributed by atoms with E-state index in [9.17, 15) is 0 Å². The fourth-order valence-corrected chi connectivity index (χ4v) is 3.71. The minimum atomic E-state index is -0.345. The summed E-state index contributed by atoms with van der Waals surface area (Å²) in [7, 11) is 0. The van der Waals surface area contributed by atoms with Gasteiger partial charge in [-0.05, 0) is 30.2 Å². The van der Waals surface area contributed by atoms with Gasteiger partial charge in [-0.15, -0.1) is 0 Å². The average Bonchev–Trinajstić information content (AvgIpc) is 3.06. The van der Waals surface area contributed by atoms with Gasteiger partial charge in [0.25, 0.3) is 0 Å². The Morgan fingerprint density at radius 2 is 1.56 bits per heavy atom. The van der Waals surface area contributed by atoms with E-state index in [1.165, 1.54) is 11.1 Å². The smallest absolute Gasteiger partial charge is 0.145 e. The van der Waals surface area contributed by atoms with Crippen molar-refractivity contribution in [1.29, 1.82) is 0 Å². The molecule has 1 aliphatic rings. The van der Waals surface area contributed by atoms with Crippen molar-refractivity contribution in [2.24, 2.45) is 4.99 Å². The van der Waals surface area contributed by atoms with E-state index in [2.05, 4.69) is 60.8 Å². The van der Waals surface area contributed by atoms with Crippen LogP contribution in [0, 0.1) is 0 Å². The van der Waals surface area contributed by atoms with Gasteiger partial charge in [0, 0.05) is 0 Å². The first-order chi connectivity index (χ1) is 13.2. The first kappa shape index (κ1) is 17.6. The predicted molar refractivity (Wildman–Crippen MR) is 110 cm³/mol. The molecule has 2 atom stereocenters. The zero-order valence-electron chi connectivity index (χ0n) is 15.1. The lowest BCUT2D eigenvalue weighted by molar-refractivity contribution is 0.359. The Kier molecular flexibility index (Phi) is 4.87. The molecule has 0 aromatic heterocycles. The Hall–Kier alpha value is -2.78. The molecule has 136 valence electrons. The van der Waals surface area contributed by atoms with Crippen molar-refractivity contribution in [3.8, 4) is 5.75 Å². The van der Waals surface area contributed by atoms with Gasteiger partial charge in [-0.25, -0.2) is 0 Å². The Morgan fingerprint density at radius 3 is 2.26 bits per heavy atom. The number of ether oxygens (including phenoxy) is 1. The maximum absolute atomic E-state index is 6.20. The molecule has 27 heavy (non-hydrogen) atoms. The van der Waals surface area contributed by atoms with Crippen LogP contribution < -0.4 is 10.1 Å². The first-order valence-corrected chi connectivity index (χ1v) is 9.37. The van der Waals surface area contributed by atoms with Crippen LogP contribution in [0.15, 0.2) is 89.9 Å². The summed E-state index contributed by atoms with van der Waals surface area (Å²) in [5.74, 6) is 1.48. The maximum atomic E-state index is 6.20. The summed E-state index contributed by atoms with van der Waals surface area (Å²) in [5, 5.41) is 4.20. The molecule has 0 bridgehead atoms. The average molecular weight is 377 g/mol. The molecular weight excluding hydrogens is 356 g/mol. The number of nitrogens with one attached hydrogen (secondary N) is 1. The molecule has 0 radical (unpaired) electrons. The van der Waals surface area contributed by atoms with E-state index >= 15 is 0 Å². The molecule has 1 N–H and O–H groups in total. The lowest BCUT2D eigenvalue weighted by Crippen LogP contribution is -2.43. The van der Waals surface area contributed by atoms with Crippen LogP contribution in [0.5, 0.6) is 5.75 Å². The molecular formula is C23H21ClN2O. The molecule has 3 aromatic rings. The van der Waals surface area contributed by atoms with Gasteiger partial charge in [0.2, 0.25) is 0 Å². The molecule has 0 fully saturated rings. The van der Waals surface area contributed by atoms with Gasteiger partial charge in [-0.1, -0.05) is 84.4 Å². The minimum absolute atomic E-state index is 0.0362. The number of rotatable bonds is 5. The zero-order chi connectivity index (χ0) is 18.7. The fraction of sp³-hybridized carbons (Fsp3) is 0.174. The van der Waals surface area contributed by atoms with Crippen molar-refractivity contribution in [3.63, 3.8) is 0 Å². The third kappa shape index (κ3) is 3.56. The second-order valence-electron chi connectivity index (χ2n) is 6.80. The van der Waals surface area contributed by atoms with Gasteiger partial charge < -0.3 is 10.1 Å². The molecule has 1 heterocycles. The SMILES string of the molecule is C[C@]1(c2ccccc2)NC(COc2ccccc2Cl)=N[C@H]1c1ccccc1. The summed E-state index contributed by atoms with van der Waals surface area (Å²) in [4.78, 5) is 4.97. The topological polar surface area (TPSA) is 33.6 Å². The van der Waals surface area contributed by atoms with Crippen molar-refractivity contribution in [2.45, 2.75) is 18.5 Å². The second kappa shape index (κ2) is 7.45. The Bertz CT molecular complexity index is 943. The highest BCUT2D eigenvalue weighted by Gasteiger charge is 2.42. The molecule has 0 saturated carbocycles. The molecule has 3 aromatic carbocycles. The number of benzene rings is 3. The van der Waals surface area contributed by atoms with Crippen LogP contribution in [-0.4, -0.2) is 12.4 Å². The van der Waals surface area contributed by atoms with Crippen LogP contribution in [-0.2, 0) is 5.54 Å². The largest absolute Gasteiger partial charge is 0.484 e. The van der Waals surface area contributed by atoms with Crippen LogP contribution in [0.4, 0.5) is 0 Å². The van der Waals surface area contributed by atoms with Gasteiger partial charge in [0.05, 0.1) is 10.6 Å². The van der Waals surface area contributed by atoms with Gasteiger partial charge in [-0.3, -0.25) is 4.99 Å². The van der Waals surface area contributed by atoms with Crippen molar-refractivity contribution < 1.29 is 4.74 Å². The van der Waals surface area contributed by atoms with Crippen molar-refractivity contribution >= 4 is 17.4 Å². The summed E-state index contributed by atoms with van der Waals surface area (Å²) in [5.41, 5.74) is 2.02. The molecule has 3 nitrogen and oxygen atoms in total. The molecule has 4 rings (SSSR count). The number of para-hydroxylation sites is 1. The number of amidine groups is 1. The van der Waals surface area contributed by atoms with E-state index in [1.807, 2.05) is 36.4 Å². The molecule has 1 aliphatic heterocycles. The van der Waals surface area contributed by atoms with Gasteiger partial charge in [0.15, 0.2) is 0 Å². The molecule has 0 saturated heterocycles. The highest BCUT2D eigenvalue weighted by atomic mass is 35.5. The highest BCUT2D eigenvalue weighted by Crippen LogP contribution is 2.41. The van der Waals surface area contributed by atoms with Crippen molar-refractivity contribution in [1.82, 2.24) is 5.32 Å². The summed E-state index contributed by atoms with van der Waals surface area (Å²) < 4.78 is 5.91. The molecule has 4 heteroatoms. The third-order valence-electron chi connectivity index (χ3n) is 4.93. The van der Waals surface area contributed by atoms with E-state index in [-0.39, 0.29) is 11.6 Å². The van der Waals surface area contributed by atoms with Crippen LogP contribution in [0.25, 0.3) is 0 Å². The van der Waals surface area contributed by atoms with Crippen LogP contribution >= 0.6 is 11.6 Å². The number of nitrogens with zero attached hydrogens (tertiary/aromatic N) is 1. The van der Waals surface area contributed by atoms with E-state index in [4.69, 9.17) is 21.3 Å². The lowest BCUT2D eigenvalue weighted by atomic mass is 9.82. The fourth-order valence-electron chi connectivity index (χ4n) is 3.52. The van der Waals surface area contributed by atoms with Gasteiger partial charge in [-0.2, -0.15) is 0 Å². The number of halogens is 1. The first-order valence-electron chi connectivity index (χ1n) is 8.99. The van der Waals surface area contributed by atoms with Crippen molar-refractivity contribution in [2.75, 3.05) is 6.61 Å². The number of hydrogen-bond acceptors (Lipinski definition) is 3. The summed E-state index contributed by atoms with van der Waals surface area (Å²) >= 11 is 6.20. The summed E-state index contributed by atoms with van der Waals surface area (Å²) in [6.07, 6.45) is 0. The van der Waals surface area contributed by atoms with Crippen LogP contribution in [0.1, 0.15) is 24.1 Å². The van der Waals surface area contributed by atoms with Gasteiger partial charge >= 0.3 is 0 Å². The summed E-state index contributed by atoms with van der Waals surface area (Å²) in [6, 6.07) is 28.2. The minimum Gasteiger partial charge on any atom is -0.484 e. The second-order valence-corrected chi connectivity index (χ2v) is 7.21. The Balaban J connectivity index is 1.63. The van der Waals surface area contributed by atoms with E-state index < -0.39 is 0 Å². The quantitative estimate of drug-likeness (QED) is 0.648. The standard InChI is InChI=1S/C23H21ClN2O/c1-23(18-12-6-3-7-13-18)22(17-10-4-2-5-11-17)25-21(26-23)16-27-20-15-9-8-14-19(20)24/h2-15,22H,16H2,1H3,(H,25,26)/t22-,23+/m0/s1. The monoisotopic (exact) mass is 376 g/mol. The molecule has 0 aliphatic carbocycles. The predicted octanol–water partition coefficient (Wildman–Crippen LogP) is 5.38. The highest BCUT2D eigenvalue weighted by molar-refractivity contribution is 6.32. The zero-order valence-corrected chi connectivity index (χ0v) is 15.9.